The van der Waals surface area contributed by atoms with Crippen LogP contribution in [0.15, 0.2) is 60.7 Å². The summed E-state index contributed by atoms with van der Waals surface area (Å²) in [7, 11) is 0. The van der Waals surface area contributed by atoms with Gasteiger partial charge >= 0.3 is 0 Å². The molecule has 0 aromatic heterocycles. The number of hydrogen-bond donors (Lipinski definition) is 4. The Morgan fingerprint density at radius 1 is 0.500 bits per heavy atom. The van der Waals surface area contributed by atoms with Gasteiger partial charge in [0.2, 0.25) is 0 Å². The van der Waals surface area contributed by atoms with Crippen molar-refractivity contribution < 1.29 is 0 Å². The molecule has 0 atom stereocenters. The first-order valence-electron chi connectivity index (χ1n) is 9.46. The van der Waals surface area contributed by atoms with Crippen molar-refractivity contribution in [3.05, 3.63) is 82.9 Å². The molecule has 3 aromatic rings. The van der Waals surface area contributed by atoms with Crippen LogP contribution in [0.2, 0.25) is 0 Å². The maximum absolute atomic E-state index is 6.26. The molecule has 0 spiro atoms. The molecule has 0 fully saturated rings. The summed E-state index contributed by atoms with van der Waals surface area (Å²) in [5, 5.41) is 0. The summed E-state index contributed by atoms with van der Waals surface area (Å²) < 4.78 is 0. The quantitative estimate of drug-likeness (QED) is 0.498. The fourth-order valence-electron chi connectivity index (χ4n) is 3.87. The molecule has 0 saturated carbocycles. The Balaban J connectivity index is 2.01. The fraction of sp³-hybridized carbons (Fsp3) is 0.250. The van der Waals surface area contributed by atoms with Gasteiger partial charge in [0.05, 0.1) is 22.7 Å². The first kappa shape index (κ1) is 19.6. The lowest BCUT2D eigenvalue weighted by atomic mass is 9.74. The van der Waals surface area contributed by atoms with E-state index in [1.54, 1.807) is 0 Å². The van der Waals surface area contributed by atoms with Crippen LogP contribution in [0.5, 0.6) is 0 Å². The van der Waals surface area contributed by atoms with E-state index in [0.29, 0.717) is 22.7 Å². The number of para-hydroxylation sites is 2. The van der Waals surface area contributed by atoms with Crippen LogP contribution in [0.3, 0.4) is 0 Å². The van der Waals surface area contributed by atoms with Gasteiger partial charge in [-0.05, 0) is 34.4 Å². The minimum atomic E-state index is -0.266. The number of benzene rings is 3. The van der Waals surface area contributed by atoms with Gasteiger partial charge in [0.15, 0.2) is 0 Å². The number of anilines is 4. The maximum Gasteiger partial charge on any atom is 0.0589 e. The number of rotatable bonds is 4. The summed E-state index contributed by atoms with van der Waals surface area (Å²) in [6, 6.07) is 20.3. The lowest BCUT2D eigenvalue weighted by Gasteiger charge is -2.31. The van der Waals surface area contributed by atoms with Crippen molar-refractivity contribution in [1.82, 2.24) is 0 Å². The van der Waals surface area contributed by atoms with Gasteiger partial charge in [0.1, 0.15) is 0 Å². The van der Waals surface area contributed by atoms with Crippen LogP contribution in [0.25, 0.3) is 0 Å². The molecule has 3 rings (SSSR count). The third-order valence-electron chi connectivity index (χ3n) is 5.95. The third-order valence-corrected chi connectivity index (χ3v) is 5.95. The van der Waals surface area contributed by atoms with Crippen molar-refractivity contribution in [2.24, 2.45) is 0 Å². The molecule has 0 aliphatic rings. The van der Waals surface area contributed by atoms with E-state index in [9.17, 15) is 0 Å². The van der Waals surface area contributed by atoms with Gasteiger partial charge in [-0.25, -0.2) is 0 Å². The Bertz CT molecular complexity index is 919. The highest BCUT2D eigenvalue weighted by atomic mass is 14.7. The minimum absolute atomic E-state index is 0.266. The summed E-state index contributed by atoms with van der Waals surface area (Å²) in [5.41, 5.74) is 30.9. The van der Waals surface area contributed by atoms with E-state index in [0.717, 1.165) is 11.1 Å². The van der Waals surface area contributed by atoms with Gasteiger partial charge < -0.3 is 22.9 Å². The van der Waals surface area contributed by atoms with Gasteiger partial charge in [0.25, 0.3) is 0 Å². The zero-order valence-electron chi connectivity index (χ0n) is 17.1. The molecule has 0 saturated heterocycles. The SMILES string of the molecule is CC(C)(c1ccc(C(C)(C)c2cccc(N)c2N)cc1)c1cccc(N)c1N. The highest BCUT2D eigenvalue weighted by Crippen LogP contribution is 2.40. The van der Waals surface area contributed by atoms with Gasteiger partial charge in [-0.15, -0.1) is 0 Å². The van der Waals surface area contributed by atoms with Crippen LogP contribution >= 0.6 is 0 Å². The molecule has 0 aliphatic heterocycles. The molecule has 28 heavy (non-hydrogen) atoms. The number of nitrogens with two attached hydrogens (primary N) is 4. The van der Waals surface area contributed by atoms with Crippen molar-refractivity contribution >= 4 is 22.7 Å². The molecular formula is C24H30N4. The molecule has 0 bridgehead atoms. The van der Waals surface area contributed by atoms with E-state index in [1.165, 1.54) is 11.1 Å². The second-order valence-corrected chi connectivity index (χ2v) is 8.44. The van der Waals surface area contributed by atoms with Crippen molar-refractivity contribution in [2.75, 3.05) is 22.9 Å². The molecular weight excluding hydrogens is 344 g/mol. The predicted octanol–water partition coefficient (Wildman–Crippen LogP) is 4.67. The van der Waals surface area contributed by atoms with Crippen molar-refractivity contribution in [1.29, 1.82) is 0 Å². The first-order chi connectivity index (χ1) is 13.1. The normalized spacial score (nSPS) is 12.1. The Morgan fingerprint density at radius 2 is 0.821 bits per heavy atom. The topological polar surface area (TPSA) is 104 Å². The maximum atomic E-state index is 6.26. The summed E-state index contributed by atoms with van der Waals surface area (Å²) >= 11 is 0. The summed E-state index contributed by atoms with van der Waals surface area (Å²) in [4.78, 5) is 0. The standard InChI is InChI=1S/C24H30N4/c1-23(2,17-7-5-9-19(25)21(17)27)15-11-13-16(14-12-15)24(3,4)18-8-6-10-20(26)22(18)28/h5-14H,25-28H2,1-4H3. The smallest absolute Gasteiger partial charge is 0.0589 e. The van der Waals surface area contributed by atoms with E-state index >= 15 is 0 Å². The van der Waals surface area contributed by atoms with Crippen molar-refractivity contribution in [3.63, 3.8) is 0 Å². The van der Waals surface area contributed by atoms with Crippen LogP contribution in [-0.4, -0.2) is 0 Å². The monoisotopic (exact) mass is 374 g/mol. The molecule has 0 aliphatic carbocycles. The molecule has 0 unspecified atom stereocenters. The van der Waals surface area contributed by atoms with Gasteiger partial charge in [-0.1, -0.05) is 76.2 Å². The Hall–Kier alpha value is -3.14. The van der Waals surface area contributed by atoms with Crippen molar-refractivity contribution in [3.8, 4) is 0 Å². The highest BCUT2D eigenvalue weighted by Gasteiger charge is 2.29. The highest BCUT2D eigenvalue weighted by molar-refractivity contribution is 5.71. The van der Waals surface area contributed by atoms with Crippen LogP contribution in [0.4, 0.5) is 22.7 Å². The largest absolute Gasteiger partial charge is 0.397 e. The molecule has 8 N–H and O–H groups in total. The second kappa shape index (κ2) is 6.79. The minimum Gasteiger partial charge on any atom is -0.397 e. The summed E-state index contributed by atoms with van der Waals surface area (Å²) in [5.74, 6) is 0. The summed E-state index contributed by atoms with van der Waals surface area (Å²) in [6.07, 6.45) is 0. The Morgan fingerprint density at radius 3 is 1.14 bits per heavy atom. The van der Waals surface area contributed by atoms with E-state index in [2.05, 4.69) is 52.0 Å². The number of nitrogen functional groups attached to an aromatic ring is 4. The van der Waals surface area contributed by atoms with Crippen LogP contribution in [-0.2, 0) is 10.8 Å². The summed E-state index contributed by atoms with van der Waals surface area (Å²) in [6.45, 7) is 8.64. The predicted molar refractivity (Wildman–Crippen MR) is 121 cm³/mol. The molecule has 4 nitrogen and oxygen atoms in total. The average Bonchev–Trinajstić information content (AvgIpc) is 2.66. The van der Waals surface area contributed by atoms with E-state index in [1.807, 2.05) is 36.4 Å². The lowest BCUT2D eigenvalue weighted by molar-refractivity contribution is 0.629. The van der Waals surface area contributed by atoms with Crippen molar-refractivity contribution in [2.45, 2.75) is 38.5 Å². The zero-order valence-corrected chi connectivity index (χ0v) is 17.1. The Kier molecular flexibility index (Phi) is 4.76. The van der Waals surface area contributed by atoms with E-state index < -0.39 is 0 Å². The van der Waals surface area contributed by atoms with Gasteiger partial charge in [0, 0.05) is 10.8 Å². The molecule has 0 radical (unpaired) electrons. The molecule has 146 valence electrons. The fourth-order valence-corrected chi connectivity index (χ4v) is 3.87. The van der Waals surface area contributed by atoms with Gasteiger partial charge in [-0.2, -0.15) is 0 Å². The van der Waals surface area contributed by atoms with Crippen LogP contribution < -0.4 is 22.9 Å². The second-order valence-electron chi connectivity index (χ2n) is 8.44. The molecule has 3 aromatic carbocycles. The molecule has 0 heterocycles. The third kappa shape index (κ3) is 3.15. The lowest BCUT2D eigenvalue weighted by Crippen LogP contribution is -2.23. The van der Waals surface area contributed by atoms with Crippen LogP contribution in [0, 0.1) is 0 Å². The number of hydrogen-bond acceptors (Lipinski definition) is 4. The first-order valence-corrected chi connectivity index (χ1v) is 9.46. The molecule has 4 heteroatoms. The average molecular weight is 375 g/mol. The van der Waals surface area contributed by atoms with E-state index in [4.69, 9.17) is 22.9 Å². The zero-order chi connectivity index (χ0) is 20.7. The Labute approximate surface area is 167 Å². The van der Waals surface area contributed by atoms with Gasteiger partial charge in [-0.3, -0.25) is 0 Å². The molecule has 0 amide bonds. The van der Waals surface area contributed by atoms with E-state index in [-0.39, 0.29) is 10.8 Å². The van der Waals surface area contributed by atoms with Crippen LogP contribution in [0.1, 0.15) is 49.9 Å².